The molecule has 1 aromatic heterocycles. The molecule has 5 rings (SSSR count). The Labute approximate surface area is 351 Å². The number of carbonyl (C=O) groups excluding carboxylic acids is 3. The second-order valence-electron chi connectivity index (χ2n) is 17.1. The van der Waals surface area contributed by atoms with E-state index in [-0.39, 0.29) is 56.5 Å². The molecular weight excluding hydrogens is 782 g/mol. The van der Waals surface area contributed by atoms with Crippen molar-refractivity contribution in [1.29, 1.82) is 0 Å². The van der Waals surface area contributed by atoms with Crippen LogP contribution in [-0.2, 0) is 49.5 Å². The second-order valence-corrected chi connectivity index (χ2v) is 17.1. The fourth-order valence-corrected chi connectivity index (χ4v) is 8.85. The lowest BCUT2D eigenvalue weighted by Crippen LogP contribution is -2.60. The number of fused-ring (bicyclic) bond motifs is 6. The highest BCUT2D eigenvalue weighted by molar-refractivity contribution is 6.00. The van der Waals surface area contributed by atoms with Crippen LogP contribution in [0, 0.1) is 23.7 Å². The van der Waals surface area contributed by atoms with Crippen LogP contribution in [0.3, 0.4) is 0 Å². The van der Waals surface area contributed by atoms with Gasteiger partial charge in [-0.1, -0.05) is 38.9 Å². The molecule has 18 nitrogen and oxygen atoms in total. The Bertz CT molecular complexity index is 1900. The summed E-state index contributed by atoms with van der Waals surface area (Å²) in [5.41, 5.74) is 4.69. The number of nitrogens with zero attached hydrogens (tertiary/aromatic N) is 4. The van der Waals surface area contributed by atoms with Crippen molar-refractivity contribution < 1.29 is 62.3 Å². The molecule has 3 aliphatic heterocycles. The zero-order valence-corrected chi connectivity index (χ0v) is 36.6. The van der Waals surface area contributed by atoms with E-state index in [1.54, 1.807) is 45.9 Å². The molecule has 0 radical (unpaired) electrons. The zero-order chi connectivity index (χ0) is 44.3. The van der Waals surface area contributed by atoms with E-state index in [0.717, 1.165) is 0 Å². The van der Waals surface area contributed by atoms with Crippen LogP contribution in [0.5, 0.6) is 0 Å². The van der Waals surface area contributed by atoms with E-state index in [1.165, 1.54) is 21.0 Å². The summed E-state index contributed by atoms with van der Waals surface area (Å²) in [6.07, 6.45) is -6.34. The Kier molecular flexibility index (Phi) is 15.2. The van der Waals surface area contributed by atoms with E-state index in [0.29, 0.717) is 28.8 Å². The van der Waals surface area contributed by atoms with Gasteiger partial charge in [-0.05, 0) is 84.7 Å². The smallest absolute Gasteiger partial charge is 0.433 e. The van der Waals surface area contributed by atoms with Crippen LogP contribution in [0.1, 0.15) is 80.2 Å². The van der Waals surface area contributed by atoms with E-state index in [1.807, 2.05) is 32.8 Å². The number of rotatable bonds is 7. The van der Waals surface area contributed by atoms with Crippen LogP contribution in [0.4, 0.5) is 10.8 Å². The Hall–Kier alpha value is -4.04. The monoisotopic (exact) mass is 845 g/mol. The number of nitrogens with two attached hydrogens (primary N) is 1. The third kappa shape index (κ3) is 10.3. The largest absolute Gasteiger partial charge is 0.459 e. The number of likely N-dealkylation sites (N-methyl/N-ethyl adjacent to an activating group) is 1. The van der Waals surface area contributed by atoms with Gasteiger partial charge < -0.3 is 58.5 Å². The van der Waals surface area contributed by atoms with Crippen LogP contribution in [0.15, 0.2) is 32.8 Å². The van der Waals surface area contributed by atoms with Gasteiger partial charge in [0.15, 0.2) is 17.7 Å². The number of methoxy groups -OCH3 is 1. The number of ether oxygens (including phenoxy) is 6. The second kappa shape index (κ2) is 19.3. The summed E-state index contributed by atoms with van der Waals surface area (Å²) in [4.78, 5) is 57.7. The van der Waals surface area contributed by atoms with Crippen molar-refractivity contribution in [3.05, 3.63) is 23.8 Å². The van der Waals surface area contributed by atoms with Crippen LogP contribution in [0.25, 0.3) is 11.1 Å². The number of ketones is 1. The van der Waals surface area contributed by atoms with Gasteiger partial charge in [-0.2, -0.15) is 9.98 Å². The number of benzene rings is 1. The molecule has 60 heavy (non-hydrogen) atoms. The highest BCUT2D eigenvalue weighted by Gasteiger charge is 2.53. The van der Waals surface area contributed by atoms with E-state index < -0.39 is 83.4 Å². The fraction of sp³-hybridized carbons (Fsp3) is 0.714. The lowest BCUT2D eigenvalue weighted by molar-refractivity contribution is -0.296. The predicted molar refractivity (Wildman–Crippen MR) is 219 cm³/mol. The van der Waals surface area contributed by atoms with E-state index in [9.17, 15) is 24.6 Å². The molecule has 3 fully saturated rings. The molecule has 3 aliphatic rings. The molecule has 3 saturated heterocycles. The normalized spacial score (nSPS) is 37.7. The van der Waals surface area contributed by atoms with Gasteiger partial charge in [0, 0.05) is 23.6 Å². The number of carbonyl (C=O) groups is 3. The Morgan fingerprint density at radius 2 is 1.82 bits per heavy atom. The van der Waals surface area contributed by atoms with Gasteiger partial charge in [0.2, 0.25) is 0 Å². The standard InChI is InChI=1S/C42H63N5O13/c1-12-31-42(8,52)36-23(4)32(45-40(51)53-11)21(2)17-41(7,55-20-27(19-54-36)46-56-18-26-13-14-30-28(16-26)44-39(43)58-30)35(24(5)33(48)25(6)37(50)59-31)60-38-34(49)29(47(9)10)15-22(3)57-38/h13-14,16,21-25,29,31,34-36,38,49,52H,12,15,17-20H2,1-11H3,(H2,43,44)/b45-32?,46-27+/t21-,22-,23+,24+,25-,29+,31-,34-,35-,36+,38+,41-,42-/m1/s1. The number of nitrogen functional groups attached to an aromatic ring is 1. The molecule has 0 spiro atoms. The molecule has 4 heterocycles. The fourth-order valence-electron chi connectivity index (χ4n) is 8.85. The summed E-state index contributed by atoms with van der Waals surface area (Å²) in [6, 6.07) is 4.95. The van der Waals surface area contributed by atoms with Gasteiger partial charge in [0.1, 0.15) is 41.6 Å². The third-order valence-corrected chi connectivity index (χ3v) is 12.1. The van der Waals surface area contributed by atoms with Crippen molar-refractivity contribution in [2.24, 2.45) is 33.8 Å². The molecule has 0 aliphatic carbocycles. The number of esters is 1. The number of hydrogen-bond acceptors (Lipinski definition) is 17. The lowest BCUT2D eigenvalue weighted by atomic mass is 9.73. The number of aliphatic hydroxyl groups is 2. The number of aromatic nitrogens is 1. The van der Waals surface area contributed by atoms with Crippen molar-refractivity contribution in [2.45, 2.75) is 135 Å². The van der Waals surface area contributed by atoms with Gasteiger partial charge >= 0.3 is 12.1 Å². The van der Waals surface area contributed by atoms with Crippen LogP contribution in [0.2, 0.25) is 0 Å². The maximum atomic E-state index is 14.5. The minimum absolute atomic E-state index is 0.0130. The maximum absolute atomic E-state index is 14.5. The molecule has 2 bridgehead atoms. The molecule has 0 saturated carbocycles. The van der Waals surface area contributed by atoms with E-state index in [4.69, 9.17) is 43.4 Å². The minimum Gasteiger partial charge on any atom is -0.459 e. The van der Waals surface area contributed by atoms with Gasteiger partial charge in [0.05, 0.1) is 44.2 Å². The van der Waals surface area contributed by atoms with Crippen molar-refractivity contribution in [1.82, 2.24) is 9.88 Å². The van der Waals surface area contributed by atoms with Crippen LogP contribution < -0.4 is 5.73 Å². The predicted octanol–water partition coefficient (Wildman–Crippen LogP) is 4.07. The van der Waals surface area contributed by atoms with E-state index in [2.05, 4.69) is 15.1 Å². The molecule has 334 valence electrons. The maximum Gasteiger partial charge on any atom is 0.433 e. The molecule has 1 aromatic carbocycles. The number of hydrogen-bond donors (Lipinski definition) is 3. The Balaban J connectivity index is 1.67. The first kappa shape index (κ1) is 47.0. The van der Waals surface area contributed by atoms with Gasteiger partial charge in [-0.3, -0.25) is 9.59 Å². The zero-order valence-electron chi connectivity index (χ0n) is 36.6. The summed E-state index contributed by atoms with van der Waals surface area (Å²) in [7, 11) is 4.91. The van der Waals surface area contributed by atoms with Crippen LogP contribution in [-0.4, -0.2) is 138 Å². The SMILES string of the molecule is CC[C@H]1OC(=O)[C@H](C)C(=O)[C@H](C)[C@@H](O[C@@H]2O[C@H](C)C[C@H](N(C)C)[C@H]2O)[C@@]2(C)C[C@@H](C)C(=NC(=O)OC)[C@H](C)[C@H](OC/C(=N\OCc3ccc4oc(N)nc4c3)CO2)[C@]1(C)O. The van der Waals surface area contributed by atoms with Gasteiger partial charge in [-0.25, -0.2) is 4.79 Å². The number of oxazole rings is 1. The van der Waals surface area contributed by atoms with Crippen molar-refractivity contribution in [2.75, 3.05) is 40.2 Å². The van der Waals surface area contributed by atoms with Gasteiger partial charge in [0.25, 0.3) is 6.01 Å². The molecule has 13 atom stereocenters. The number of oxime groups is 1. The quantitative estimate of drug-likeness (QED) is 0.202. The van der Waals surface area contributed by atoms with Crippen molar-refractivity contribution in [3.8, 4) is 0 Å². The number of amides is 1. The number of Topliss-reactive ketones (excluding diaryl/α,β-unsaturated/α-hetero) is 1. The third-order valence-electron chi connectivity index (χ3n) is 12.1. The Morgan fingerprint density at radius 1 is 1.10 bits per heavy atom. The number of aliphatic hydroxyl groups excluding tert-OH is 1. The number of cyclic esters (lactones) is 1. The van der Waals surface area contributed by atoms with Crippen molar-refractivity contribution >= 4 is 46.4 Å². The van der Waals surface area contributed by atoms with Crippen molar-refractivity contribution in [3.63, 3.8) is 0 Å². The highest BCUT2D eigenvalue weighted by Crippen LogP contribution is 2.40. The molecule has 4 N–H and O–H groups in total. The first-order valence-corrected chi connectivity index (χ1v) is 20.6. The summed E-state index contributed by atoms with van der Waals surface area (Å²) < 4.78 is 42.8. The molecule has 2 aromatic rings. The summed E-state index contributed by atoms with van der Waals surface area (Å²) in [6.45, 7) is 13.1. The molecule has 1 amide bonds. The highest BCUT2D eigenvalue weighted by atomic mass is 16.7. The summed E-state index contributed by atoms with van der Waals surface area (Å²) in [5, 5.41) is 28.6. The Morgan fingerprint density at radius 3 is 2.48 bits per heavy atom. The number of aliphatic imine (C=N–C) groups is 1. The number of anilines is 1. The molecular formula is C42H63N5O13. The summed E-state index contributed by atoms with van der Waals surface area (Å²) in [5.74, 6) is -5.15. The first-order chi connectivity index (χ1) is 28.2. The molecule has 0 unspecified atom stereocenters. The topological polar surface area (TPSA) is 236 Å². The lowest BCUT2D eigenvalue weighted by Gasteiger charge is -2.47. The summed E-state index contributed by atoms with van der Waals surface area (Å²) >= 11 is 0. The molecule has 18 heteroatoms. The van der Waals surface area contributed by atoms with E-state index >= 15 is 0 Å². The minimum atomic E-state index is -1.91. The van der Waals surface area contributed by atoms with Crippen LogP contribution >= 0.6 is 0 Å². The first-order valence-electron chi connectivity index (χ1n) is 20.6. The average molecular weight is 846 g/mol. The van der Waals surface area contributed by atoms with Gasteiger partial charge in [-0.15, -0.1) is 0 Å². The average Bonchev–Trinajstić information content (AvgIpc) is 3.57.